The lowest BCUT2D eigenvalue weighted by Gasteiger charge is -2.47. The van der Waals surface area contributed by atoms with Gasteiger partial charge < -0.3 is 20.3 Å². The van der Waals surface area contributed by atoms with Crippen LogP contribution in [0.1, 0.15) is 23.3 Å². The Kier molecular flexibility index (Phi) is 5.25. The predicted octanol–water partition coefficient (Wildman–Crippen LogP) is 2.64. The lowest BCUT2D eigenvalue weighted by Crippen LogP contribution is -2.62. The van der Waals surface area contributed by atoms with E-state index in [2.05, 4.69) is 21.7 Å². The maximum atomic E-state index is 13.0. The van der Waals surface area contributed by atoms with E-state index in [-0.39, 0.29) is 5.91 Å². The summed E-state index contributed by atoms with van der Waals surface area (Å²) in [6, 6.07) is 13.5. The minimum absolute atomic E-state index is 0.0448. The molecule has 7 nitrogen and oxygen atoms in total. The van der Waals surface area contributed by atoms with Crippen molar-refractivity contribution < 1.29 is 9.53 Å². The van der Waals surface area contributed by atoms with Crippen LogP contribution in [0, 0.1) is 0 Å². The number of ether oxygens (including phenoxy) is 1. The van der Waals surface area contributed by atoms with Crippen molar-refractivity contribution >= 4 is 23.1 Å². The molecule has 2 N–H and O–H groups in total. The van der Waals surface area contributed by atoms with Gasteiger partial charge in [0, 0.05) is 19.9 Å². The molecule has 1 atom stereocenters. The van der Waals surface area contributed by atoms with Crippen molar-refractivity contribution in [2.45, 2.75) is 18.4 Å². The van der Waals surface area contributed by atoms with Crippen LogP contribution in [0.25, 0.3) is 0 Å². The fourth-order valence-electron chi connectivity index (χ4n) is 3.88. The third kappa shape index (κ3) is 3.57. The van der Waals surface area contributed by atoms with Crippen molar-refractivity contribution in [1.82, 2.24) is 9.88 Å². The molecule has 0 saturated carbocycles. The minimum atomic E-state index is -0.440. The second-order valence-electron chi connectivity index (χ2n) is 7.15. The zero-order chi connectivity index (χ0) is 19.4. The lowest BCUT2D eigenvalue weighted by molar-refractivity contribution is 0.0688. The van der Waals surface area contributed by atoms with E-state index in [0.717, 1.165) is 30.1 Å². The van der Waals surface area contributed by atoms with E-state index in [9.17, 15) is 4.79 Å². The van der Waals surface area contributed by atoms with Crippen LogP contribution in [-0.2, 0) is 4.74 Å². The number of hydrogen-bond acceptors (Lipinski definition) is 5. The van der Waals surface area contributed by atoms with Gasteiger partial charge in [-0.05, 0) is 37.1 Å². The Labute approximate surface area is 164 Å². The molecule has 0 aliphatic carbocycles. The number of pyridine rings is 1. The minimum Gasteiger partial charge on any atom is -0.383 e. The van der Waals surface area contributed by atoms with Crippen LogP contribution >= 0.6 is 0 Å². The molecule has 3 heterocycles. The van der Waals surface area contributed by atoms with E-state index in [1.807, 2.05) is 35.2 Å². The number of anilines is 2. The Morgan fingerprint density at radius 3 is 2.86 bits per heavy atom. The molecule has 1 saturated heterocycles. The number of carbonyl (C=O) groups is 1. The van der Waals surface area contributed by atoms with E-state index in [1.54, 1.807) is 19.4 Å². The van der Waals surface area contributed by atoms with Crippen molar-refractivity contribution in [3.05, 3.63) is 54.4 Å². The highest BCUT2D eigenvalue weighted by Gasteiger charge is 2.44. The molecule has 0 radical (unpaired) electrons. The van der Waals surface area contributed by atoms with E-state index in [4.69, 9.17) is 9.73 Å². The van der Waals surface area contributed by atoms with E-state index >= 15 is 0 Å². The number of fused-ring (bicyclic) bond motifs is 1. The van der Waals surface area contributed by atoms with Crippen LogP contribution in [0.5, 0.6) is 0 Å². The van der Waals surface area contributed by atoms with Gasteiger partial charge >= 0.3 is 0 Å². The molecule has 1 aromatic carbocycles. The molecule has 0 unspecified atom stereocenters. The molecule has 2 aliphatic heterocycles. The summed E-state index contributed by atoms with van der Waals surface area (Å²) in [6.07, 6.45) is 3.44. The number of hydrogen-bond donors (Lipinski definition) is 2. The number of nitrogens with zero attached hydrogens (tertiary/aromatic N) is 3. The highest BCUT2D eigenvalue weighted by atomic mass is 16.5. The van der Waals surface area contributed by atoms with Crippen LogP contribution in [0.2, 0.25) is 0 Å². The van der Waals surface area contributed by atoms with Gasteiger partial charge in [-0.25, -0.2) is 0 Å². The Balaban J connectivity index is 1.64. The molecule has 1 amide bonds. The number of carbonyl (C=O) groups excluding carboxylic acids is 1. The highest BCUT2D eigenvalue weighted by molar-refractivity contribution is 6.10. The fourth-order valence-corrected chi connectivity index (χ4v) is 3.88. The van der Waals surface area contributed by atoms with Gasteiger partial charge in [-0.15, -0.1) is 0 Å². The molecule has 0 bridgehead atoms. The number of amides is 1. The van der Waals surface area contributed by atoms with Gasteiger partial charge in [0.25, 0.3) is 5.91 Å². The maximum Gasteiger partial charge on any atom is 0.272 e. The van der Waals surface area contributed by atoms with Gasteiger partial charge in [-0.2, -0.15) is 0 Å². The fraction of sp³-hybridized carbons (Fsp3) is 0.381. The lowest BCUT2D eigenvalue weighted by atomic mass is 9.85. The number of piperidine rings is 1. The predicted molar refractivity (Wildman–Crippen MR) is 110 cm³/mol. The zero-order valence-electron chi connectivity index (χ0n) is 16.0. The van der Waals surface area contributed by atoms with Crippen molar-refractivity contribution in [3.8, 4) is 0 Å². The topological polar surface area (TPSA) is 78.9 Å². The third-order valence-corrected chi connectivity index (χ3v) is 5.24. The molecule has 28 heavy (non-hydrogen) atoms. The molecule has 2 aliphatic rings. The number of likely N-dealkylation sites (tertiary alicyclic amines) is 1. The molecule has 7 heteroatoms. The molecule has 1 spiro atoms. The average Bonchev–Trinajstić information content (AvgIpc) is 2.74. The summed E-state index contributed by atoms with van der Waals surface area (Å²) >= 11 is 0. The first-order valence-corrected chi connectivity index (χ1v) is 9.60. The number of aromatic nitrogens is 1. The molecule has 146 valence electrons. The Morgan fingerprint density at radius 2 is 2.07 bits per heavy atom. The summed E-state index contributed by atoms with van der Waals surface area (Å²) in [6.45, 7) is 2.37. The number of aliphatic imine (C=N–C) groups is 1. The monoisotopic (exact) mass is 379 g/mol. The highest BCUT2D eigenvalue weighted by Crippen LogP contribution is 2.36. The van der Waals surface area contributed by atoms with Crippen LogP contribution in [0.15, 0.2) is 53.7 Å². The van der Waals surface area contributed by atoms with Crippen molar-refractivity contribution in [3.63, 3.8) is 0 Å². The third-order valence-electron chi connectivity index (χ3n) is 5.24. The molecular weight excluding hydrogens is 354 g/mol. The first-order valence-electron chi connectivity index (χ1n) is 9.60. The number of nitrogens with one attached hydrogen (secondary N) is 2. The second kappa shape index (κ2) is 7.98. The van der Waals surface area contributed by atoms with E-state index in [1.165, 1.54) is 0 Å². The normalized spacial score (nSPS) is 22.5. The summed E-state index contributed by atoms with van der Waals surface area (Å²) in [7, 11) is 1.67. The van der Waals surface area contributed by atoms with Crippen molar-refractivity contribution in [2.75, 3.05) is 44.0 Å². The van der Waals surface area contributed by atoms with Crippen molar-refractivity contribution in [2.24, 2.45) is 4.99 Å². The number of amidine groups is 1. The molecule has 4 rings (SSSR count). The van der Waals surface area contributed by atoms with Crippen molar-refractivity contribution in [1.29, 1.82) is 0 Å². The van der Waals surface area contributed by atoms with Gasteiger partial charge in [-0.3, -0.25) is 14.8 Å². The Hall–Kier alpha value is -2.93. The summed E-state index contributed by atoms with van der Waals surface area (Å²) in [5, 5.41) is 7.17. The summed E-state index contributed by atoms with van der Waals surface area (Å²) in [5.74, 6) is 0.818. The maximum absolute atomic E-state index is 13.0. The Morgan fingerprint density at radius 1 is 1.25 bits per heavy atom. The first kappa shape index (κ1) is 18.4. The molecular formula is C21H25N5O2. The van der Waals surface area contributed by atoms with Gasteiger partial charge in [0.2, 0.25) is 0 Å². The van der Waals surface area contributed by atoms with Crippen LogP contribution < -0.4 is 10.6 Å². The Bertz CT molecular complexity index is 870. The number of para-hydroxylation sites is 2. The van der Waals surface area contributed by atoms with Crippen LogP contribution in [0.4, 0.5) is 11.4 Å². The SMILES string of the molecule is COCCN=C1Nc2ccccc2N[C@@]12CCCN(C(=O)c1ccccn1)C2. The van der Waals surface area contributed by atoms with Gasteiger partial charge in [0.1, 0.15) is 17.1 Å². The summed E-state index contributed by atoms with van der Waals surface area (Å²) < 4.78 is 5.17. The van der Waals surface area contributed by atoms with Gasteiger partial charge in [-0.1, -0.05) is 18.2 Å². The summed E-state index contributed by atoms with van der Waals surface area (Å²) in [4.78, 5) is 23.9. The zero-order valence-corrected chi connectivity index (χ0v) is 16.0. The molecule has 1 aromatic heterocycles. The standard InChI is InChI=1S/C21H25N5O2/c1-28-14-12-23-20-21(25-17-8-3-2-7-16(17)24-20)10-6-13-26(15-21)19(27)18-9-4-5-11-22-18/h2-5,7-9,11,25H,6,10,12-15H2,1H3,(H,23,24)/t21-/m1/s1. The van der Waals surface area contributed by atoms with Crippen LogP contribution in [0.3, 0.4) is 0 Å². The van der Waals surface area contributed by atoms with Gasteiger partial charge in [0.15, 0.2) is 0 Å². The molecule has 2 aromatic rings. The number of rotatable bonds is 4. The summed E-state index contributed by atoms with van der Waals surface area (Å²) in [5.41, 5.74) is 2.06. The first-order chi connectivity index (χ1) is 13.7. The van der Waals surface area contributed by atoms with Crippen LogP contribution in [-0.4, -0.2) is 60.5 Å². The van der Waals surface area contributed by atoms with Gasteiger partial charge in [0.05, 0.1) is 31.1 Å². The van der Waals surface area contributed by atoms with E-state index in [0.29, 0.717) is 31.9 Å². The van der Waals surface area contributed by atoms with E-state index < -0.39 is 5.54 Å². The average molecular weight is 379 g/mol. The molecule has 1 fully saturated rings. The number of benzene rings is 1. The second-order valence-corrected chi connectivity index (χ2v) is 7.15. The smallest absolute Gasteiger partial charge is 0.272 e. The quantitative estimate of drug-likeness (QED) is 0.799. The largest absolute Gasteiger partial charge is 0.383 e. The number of methoxy groups -OCH3 is 1.